The lowest BCUT2D eigenvalue weighted by molar-refractivity contribution is -0.0453. The largest absolute Gasteiger partial charge is 0.482 e. The Kier molecular flexibility index (Phi) is 6.31. The normalized spacial score (nSPS) is 36.7. The van der Waals surface area contributed by atoms with Crippen LogP contribution >= 0.6 is 0 Å². The monoisotopic (exact) mass is 700 g/mol. The molecule has 4 aliphatic heterocycles. The molecule has 52 heavy (non-hydrogen) atoms. The number of carbonyl (C=O) groups is 2. The number of ether oxygens (including phenoxy) is 4. The SMILES string of the molecule is CN1CC[C@]23c4c5ccc(OC(=O)c6ccccc6C(=O)Oc6ccc7c8c6O[C@H]6[C@@H](O)C=C[C@H]9[C@@H](C7)N(C)CC[C@@]896)c4O[C@H]2[C@@H](O)C=C[C@H]3[C@H]1C5. The van der Waals surface area contributed by atoms with Crippen LogP contribution in [-0.2, 0) is 23.7 Å². The van der Waals surface area contributed by atoms with Crippen LogP contribution in [0.25, 0.3) is 0 Å². The maximum atomic E-state index is 14.0. The fourth-order valence-corrected chi connectivity index (χ4v) is 11.8. The Morgan fingerprint density at radius 2 is 1.12 bits per heavy atom. The van der Waals surface area contributed by atoms with E-state index in [1.807, 2.05) is 24.3 Å². The van der Waals surface area contributed by atoms with Crippen molar-refractivity contribution in [3.63, 3.8) is 0 Å². The molecule has 4 aliphatic carbocycles. The fraction of sp³-hybridized carbons (Fsp3) is 0.429. The molecule has 4 bridgehead atoms. The second-order valence-electron chi connectivity index (χ2n) is 16.1. The highest BCUT2D eigenvalue weighted by molar-refractivity contribution is 6.04. The Bertz CT molecular complexity index is 2010. The van der Waals surface area contributed by atoms with Gasteiger partial charge in [0.1, 0.15) is 24.4 Å². The third-order valence-electron chi connectivity index (χ3n) is 14.0. The summed E-state index contributed by atoms with van der Waals surface area (Å²) in [4.78, 5) is 32.8. The quantitative estimate of drug-likeness (QED) is 0.237. The number of likely N-dealkylation sites (N-methyl/N-ethyl adjacent to an activating group) is 2. The lowest BCUT2D eigenvalue weighted by Gasteiger charge is -2.56. The summed E-state index contributed by atoms with van der Waals surface area (Å²) >= 11 is 0. The van der Waals surface area contributed by atoms with Crippen molar-refractivity contribution < 1.29 is 38.7 Å². The standard InChI is InChI=1S/C42H40N2O8/c1-43-17-15-41-25-9-11-29(45)37(41)51-35-31(13-7-21(33(35)41)19-27(25)43)49-39(47)23-5-3-4-6-24(23)40(48)50-32-14-8-22-20-28-26-10-12-30(46)38-42(26,16-18-44(28)2)34(22)36(32)52-38/h3-14,25-30,37-38,45-46H,15-20H2,1-2H3/t25-,26-,27+,28+,29-,30-,37-,38-,41-,42-/m0/s1. The molecular weight excluding hydrogens is 660 g/mol. The van der Waals surface area contributed by atoms with E-state index in [4.69, 9.17) is 18.9 Å². The first-order valence-corrected chi connectivity index (χ1v) is 18.5. The van der Waals surface area contributed by atoms with Gasteiger partial charge >= 0.3 is 11.9 Å². The van der Waals surface area contributed by atoms with Gasteiger partial charge in [0.2, 0.25) is 0 Å². The zero-order chi connectivity index (χ0) is 35.3. The number of carbonyl (C=O) groups excluding carboxylic acids is 2. The Labute approximate surface area is 301 Å². The van der Waals surface area contributed by atoms with E-state index in [-0.39, 0.29) is 34.5 Å². The topological polar surface area (TPSA) is 118 Å². The Hall–Kier alpha value is -4.48. The molecule has 0 saturated carbocycles. The summed E-state index contributed by atoms with van der Waals surface area (Å²) in [5, 5.41) is 22.3. The van der Waals surface area contributed by atoms with Crippen LogP contribution in [-0.4, -0.2) is 95.6 Å². The van der Waals surface area contributed by atoms with E-state index in [0.29, 0.717) is 23.6 Å². The predicted molar refractivity (Wildman–Crippen MR) is 188 cm³/mol. The second kappa shape index (κ2) is 10.6. The number of aliphatic hydroxyl groups excluding tert-OH is 2. The Morgan fingerprint density at radius 1 is 0.673 bits per heavy atom. The van der Waals surface area contributed by atoms with Crippen molar-refractivity contribution >= 4 is 11.9 Å². The summed E-state index contributed by atoms with van der Waals surface area (Å²) in [6, 6.07) is 14.7. The van der Waals surface area contributed by atoms with Crippen molar-refractivity contribution in [3.8, 4) is 23.0 Å². The van der Waals surface area contributed by atoms with Gasteiger partial charge in [0.05, 0.1) is 11.1 Å². The van der Waals surface area contributed by atoms with E-state index in [1.54, 1.807) is 36.4 Å². The molecule has 0 aromatic heterocycles. The van der Waals surface area contributed by atoms with Crippen molar-refractivity contribution in [3.05, 3.63) is 106 Å². The summed E-state index contributed by atoms with van der Waals surface area (Å²) in [6.07, 6.45) is 8.84. The molecule has 3 aromatic rings. The number of rotatable bonds is 4. The highest BCUT2D eigenvalue weighted by Gasteiger charge is 2.66. The van der Waals surface area contributed by atoms with E-state index in [1.165, 1.54) is 0 Å². The molecule has 266 valence electrons. The van der Waals surface area contributed by atoms with E-state index in [9.17, 15) is 19.8 Å². The van der Waals surface area contributed by atoms with Gasteiger partial charge in [0, 0.05) is 45.9 Å². The van der Waals surface area contributed by atoms with Crippen molar-refractivity contribution in [2.75, 3.05) is 27.2 Å². The molecule has 10 atom stereocenters. The van der Waals surface area contributed by atoms with Gasteiger partial charge in [-0.2, -0.15) is 0 Å². The molecule has 2 saturated heterocycles. The van der Waals surface area contributed by atoms with Crippen molar-refractivity contribution in [2.45, 2.75) is 73.0 Å². The number of hydrogen-bond acceptors (Lipinski definition) is 10. The van der Waals surface area contributed by atoms with Crippen LogP contribution in [0, 0.1) is 11.8 Å². The van der Waals surface area contributed by atoms with Gasteiger partial charge in [0.15, 0.2) is 23.0 Å². The van der Waals surface area contributed by atoms with Crippen LogP contribution in [0.3, 0.4) is 0 Å². The highest BCUT2D eigenvalue weighted by Crippen LogP contribution is 2.64. The summed E-state index contributed by atoms with van der Waals surface area (Å²) < 4.78 is 25.3. The first kappa shape index (κ1) is 31.1. The fourth-order valence-electron chi connectivity index (χ4n) is 11.8. The van der Waals surface area contributed by atoms with Gasteiger partial charge in [-0.25, -0.2) is 9.59 Å². The molecule has 3 aromatic carbocycles. The molecule has 2 N–H and O–H groups in total. The molecule has 10 nitrogen and oxygen atoms in total. The summed E-state index contributed by atoms with van der Waals surface area (Å²) in [7, 11) is 4.32. The zero-order valence-corrected chi connectivity index (χ0v) is 29.0. The Morgan fingerprint density at radius 3 is 1.56 bits per heavy atom. The molecule has 2 spiro atoms. The van der Waals surface area contributed by atoms with Gasteiger partial charge in [0.25, 0.3) is 0 Å². The maximum absolute atomic E-state index is 14.0. The second-order valence-corrected chi connectivity index (χ2v) is 16.1. The Balaban J connectivity index is 0.914. The van der Waals surface area contributed by atoms with Crippen LogP contribution in [0.1, 0.15) is 55.8 Å². The van der Waals surface area contributed by atoms with Gasteiger partial charge in [-0.3, -0.25) is 0 Å². The molecule has 2 fully saturated rings. The summed E-state index contributed by atoms with van der Waals surface area (Å²) in [5.74, 6) is 0.498. The summed E-state index contributed by atoms with van der Waals surface area (Å²) in [6.45, 7) is 1.77. The number of likely N-dealkylation sites (tertiary alicyclic amines) is 2. The third-order valence-corrected chi connectivity index (χ3v) is 14.0. The molecule has 0 radical (unpaired) electrons. The minimum Gasteiger partial charge on any atom is -0.482 e. The summed E-state index contributed by atoms with van der Waals surface area (Å²) in [5.41, 5.74) is 3.72. The van der Waals surface area contributed by atoms with Crippen molar-refractivity contribution in [2.24, 2.45) is 11.8 Å². The lowest BCUT2D eigenvalue weighted by Crippen LogP contribution is -2.64. The highest BCUT2D eigenvalue weighted by atomic mass is 16.6. The first-order chi connectivity index (χ1) is 25.2. The van der Waals surface area contributed by atoms with E-state index in [2.05, 4.69) is 36.0 Å². The minimum atomic E-state index is -0.777. The van der Waals surface area contributed by atoms with E-state index in [0.717, 1.165) is 61.0 Å². The van der Waals surface area contributed by atoms with Crippen molar-refractivity contribution in [1.29, 1.82) is 0 Å². The third kappa shape index (κ3) is 3.78. The average molecular weight is 701 g/mol. The smallest absolute Gasteiger partial charge is 0.344 e. The van der Waals surface area contributed by atoms with Crippen LogP contribution in [0.2, 0.25) is 0 Å². The molecule has 4 heterocycles. The predicted octanol–water partition coefficient (Wildman–Crippen LogP) is 3.74. The van der Waals surface area contributed by atoms with Crippen LogP contribution in [0.5, 0.6) is 23.0 Å². The number of esters is 2. The molecule has 0 amide bonds. The van der Waals surface area contributed by atoms with Crippen molar-refractivity contribution in [1.82, 2.24) is 9.80 Å². The molecule has 11 rings (SSSR count). The van der Waals surface area contributed by atoms with E-state index >= 15 is 0 Å². The van der Waals surface area contributed by atoms with Gasteiger partial charge < -0.3 is 39.0 Å². The number of benzene rings is 3. The molecular formula is C42H40N2O8. The number of nitrogens with zero attached hydrogens (tertiary/aromatic N) is 2. The molecule has 0 unspecified atom stereocenters. The van der Waals surface area contributed by atoms with Gasteiger partial charge in [-0.15, -0.1) is 0 Å². The van der Waals surface area contributed by atoms with Gasteiger partial charge in [-0.1, -0.05) is 48.6 Å². The number of piperidine rings is 2. The minimum absolute atomic E-state index is 0.0605. The van der Waals surface area contributed by atoms with Crippen LogP contribution in [0.15, 0.2) is 72.8 Å². The lowest BCUT2D eigenvalue weighted by atomic mass is 9.53. The first-order valence-electron chi connectivity index (χ1n) is 18.5. The van der Waals surface area contributed by atoms with Crippen LogP contribution in [0.4, 0.5) is 0 Å². The molecule has 10 heteroatoms. The molecule has 8 aliphatic rings. The number of aliphatic hydroxyl groups is 2. The average Bonchev–Trinajstić information content (AvgIpc) is 3.69. The zero-order valence-electron chi connectivity index (χ0n) is 29.0. The van der Waals surface area contributed by atoms with Gasteiger partial charge in [-0.05, 0) is 88.3 Å². The van der Waals surface area contributed by atoms with Crippen LogP contribution < -0.4 is 18.9 Å². The van der Waals surface area contributed by atoms with E-state index < -0.39 is 47.2 Å². The number of hydrogen-bond donors (Lipinski definition) is 2. The maximum Gasteiger partial charge on any atom is 0.344 e.